The minimum Gasteiger partial charge on any atom is -0.469 e. The topological polar surface area (TPSA) is 83.8 Å². The van der Waals surface area contributed by atoms with Crippen LogP contribution in [0.25, 0.3) is 0 Å². The summed E-state index contributed by atoms with van der Waals surface area (Å²) in [6, 6.07) is 3.60. The third-order valence-corrected chi connectivity index (χ3v) is 3.81. The van der Waals surface area contributed by atoms with E-state index in [-0.39, 0.29) is 5.56 Å². The molecule has 6 heteroatoms. The quantitative estimate of drug-likeness (QED) is 0.801. The summed E-state index contributed by atoms with van der Waals surface area (Å²) in [6.07, 6.45) is 10.2. The van der Waals surface area contributed by atoms with Crippen LogP contribution in [0.3, 0.4) is 0 Å². The molecule has 2 heterocycles. The maximum Gasteiger partial charge on any atom is 0.274 e. The Morgan fingerprint density at radius 2 is 2.27 bits per heavy atom. The summed E-state index contributed by atoms with van der Waals surface area (Å²) < 4.78 is 5.21. The zero-order valence-corrected chi connectivity index (χ0v) is 12.5. The SMILES string of the molecule is O=c1[nH]c(NCCC2=CCCCC2)nnc1Cc1ccco1. The van der Waals surface area contributed by atoms with E-state index >= 15 is 0 Å². The number of anilines is 1. The summed E-state index contributed by atoms with van der Waals surface area (Å²) in [5.41, 5.74) is 1.62. The molecule has 0 bridgehead atoms. The molecule has 2 N–H and O–H groups in total. The van der Waals surface area contributed by atoms with Crippen molar-refractivity contribution in [1.82, 2.24) is 15.2 Å². The van der Waals surface area contributed by atoms with Crippen LogP contribution in [0.1, 0.15) is 43.6 Å². The third kappa shape index (κ3) is 3.84. The van der Waals surface area contributed by atoms with Crippen molar-refractivity contribution in [2.75, 3.05) is 11.9 Å². The van der Waals surface area contributed by atoms with Crippen molar-refractivity contribution in [2.24, 2.45) is 0 Å². The Balaban J connectivity index is 1.55. The highest BCUT2D eigenvalue weighted by Crippen LogP contribution is 2.19. The van der Waals surface area contributed by atoms with Crippen molar-refractivity contribution in [1.29, 1.82) is 0 Å². The molecule has 0 radical (unpaired) electrons. The summed E-state index contributed by atoms with van der Waals surface area (Å²) in [7, 11) is 0. The second kappa shape index (κ2) is 7.06. The number of rotatable bonds is 6. The lowest BCUT2D eigenvalue weighted by molar-refractivity contribution is 0.517. The Kier molecular flexibility index (Phi) is 4.68. The largest absolute Gasteiger partial charge is 0.469 e. The highest BCUT2D eigenvalue weighted by Gasteiger charge is 2.08. The fraction of sp³-hybridized carbons (Fsp3) is 0.438. The van der Waals surface area contributed by atoms with E-state index in [9.17, 15) is 4.79 Å². The van der Waals surface area contributed by atoms with Gasteiger partial charge in [-0.15, -0.1) is 10.2 Å². The van der Waals surface area contributed by atoms with Gasteiger partial charge >= 0.3 is 0 Å². The lowest BCUT2D eigenvalue weighted by atomic mass is 9.97. The van der Waals surface area contributed by atoms with E-state index in [4.69, 9.17) is 4.42 Å². The molecule has 2 aromatic rings. The summed E-state index contributed by atoms with van der Waals surface area (Å²) in [5, 5.41) is 11.1. The summed E-state index contributed by atoms with van der Waals surface area (Å²) in [4.78, 5) is 14.7. The van der Waals surface area contributed by atoms with E-state index in [1.54, 1.807) is 12.3 Å². The van der Waals surface area contributed by atoms with Crippen molar-refractivity contribution in [2.45, 2.75) is 38.5 Å². The predicted octanol–water partition coefficient (Wildman–Crippen LogP) is 2.65. The van der Waals surface area contributed by atoms with Crippen molar-refractivity contribution >= 4 is 5.95 Å². The number of aromatic amines is 1. The second-order valence-corrected chi connectivity index (χ2v) is 5.49. The first-order valence-electron chi connectivity index (χ1n) is 7.71. The van der Waals surface area contributed by atoms with Gasteiger partial charge in [0.25, 0.3) is 5.56 Å². The van der Waals surface area contributed by atoms with Crippen molar-refractivity contribution < 1.29 is 4.42 Å². The van der Waals surface area contributed by atoms with Crippen LogP contribution in [-0.2, 0) is 6.42 Å². The summed E-state index contributed by atoms with van der Waals surface area (Å²) in [5.74, 6) is 1.12. The number of hydrogen-bond donors (Lipinski definition) is 2. The maximum absolute atomic E-state index is 12.0. The zero-order valence-electron chi connectivity index (χ0n) is 12.5. The molecule has 2 aromatic heterocycles. The van der Waals surface area contributed by atoms with Gasteiger partial charge in [-0.3, -0.25) is 9.78 Å². The van der Waals surface area contributed by atoms with Gasteiger partial charge in [0.15, 0.2) is 0 Å². The van der Waals surface area contributed by atoms with Crippen molar-refractivity contribution in [3.8, 4) is 0 Å². The molecule has 0 aromatic carbocycles. The smallest absolute Gasteiger partial charge is 0.274 e. The predicted molar refractivity (Wildman–Crippen MR) is 83.8 cm³/mol. The minimum atomic E-state index is -0.231. The second-order valence-electron chi connectivity index (χ2n) is 5.49. The van der Waals surface area contributed by atoms with E-state index in [0.29, 0.717) is 23.8 Å². The molecular formula is C16H20N4O2. The molecule has 1 aliphatic rings. The van der Waals surface area contributed by atoms with E-state index in [1.807, 2.05) is 6.07 Å². The van der Waals surface area contributed by atoms with E-state index in [0.717, 1.165) is 13.0 Å². The van der Waals surface area contributed by atoms with Gasteiger partial charge in [0.2, 0.25) is 5.95 Å². The molecule has 6 nitrogen and oxygen atoms in total. The monoisotopic (exact) mass is 300 g/mol. The molecular weight excluding hydrogens is 280 g/mol. The van der Waals surface area contributed by atoms with Gasteiger partial charge in [0.1, 0.15) is 11.5 Å². The normalized spacial score (nSPS) is 14.6. The number of H-pyrrole nitrogens is 1. The lowest BCUT2D eigenvalue weighted by Gasteiger charge is -2.12. The van der Waals surface area contributed by atoms with E-state index in [1.165, 1.54) is 31.3 Å². The van der Waals surface area contributed by atoms with Crippen LogP contribution in [-0.4, -0.2) is 21.7 Å². The molecule has 0 atom stereocenters. The van der Waals surface area contributed by atoms with Gasteiger partial charge in [-0.05, 0) is 44.2 Å². The van der Waals surface area contributed by atoms with Gasteiger partial charge in [0, 0.05) is 6.54 Å². The fourth-order valence-corrected chi connectivity index (χ4v) is 2.61. The van der Waals surface area contributed by atoms with E-state index in [2.05, 4.69) is 26.6 Å². The van der Waals surface area contributed by atoms with Gasteiger partial charge in [-0.2, -0.15) is 0 Å². The minimum absolute atomic E-state index is 0.231. The third-order valence-electron chi connectivity index (χ3n) is 3.81. The molecule has 22 heavy (non-hydrogen) atoms. The van der Waals surface area contributed by atoms with Gasteiger partial charge in [0.05, 0.1) is 12.7 Å². The first kappa shape index (κ1) is 14.6. The Hall–Kier alpha value is -2.37. The van der Waals surface area contributed by atoms with E-state index < -0.39 is 0 Å². The van der Waals surface area contributed by atoms with Crippen LogP contribution in [0.4, 0.5) is 5.95 Å². The number of furan rings is 1. The molecule has 3 rings (SSSR count). The van der Waals surface area contributed by atoms with Crippen LogP contribution in [0.15, 0.2) is 39.3 Å². The molecule has 0 unspecified atom stereocenters. The van der Waals surface area contributed by atoms with Crippen LogP contribution >= 0.6 is 0 Å². The number of hydrogen-bond acceptors (Lipinski definition) is 5. The number of allylic oxidation sites excluding steroid dienone is 1. The van der Waals surface area contributed by atoms with Crippen LogP contribution < -0.4 is 10.9 Å². The number of nitrogens with one attached hydrogen (secondary N) is 2. The molecule has 0 saturated carbocycles. The molecule has 1 aliphatic carbocycles. The molecule has 0 amide bonds. The number of aromatic nitrogens is 3. The zero-order chi connectivity index (χ0) is 15.2. The lowest BCUT2D eigenvalue weighted by Crippen LogP contribution is -2.20. The van der Waals surface area contributed by atoms with Crippen LogP contribution in [0.5, 0.6) is 0 Å². The average molecular weight is 300 g/mol. The van der Waals surface area contributed by atoms with Gasteiger partial charge in [-0.1, -0.05) is 11.6 Å². The van der Waals surface area contributed by atoms with Crippen LogP contribution in [0, 0.1) is 0 Å². The highest BCUT2D eigenvalue weighted by atomic mass is 16.3. The fourth-order valence-electron chi connectivity index (χ4n) is 2.61. The standard InChI is InChI=1S/C16H20N4O2/c21-15-14(11-13-7-4-10-22-13)19-20-16(18-15)17-9-8-12-5-2-1-3-6-12/h4-5,7,10H,1-3,6,8-9,11H2,(H2,17,18,20,21). The molecule has 116 valence electrons. The molecule has 0 spiro atoms. The van der Waals surface area contributed by atoms with Crippen LogP contribution in [0.2, 0.25) is 0 Å². The van der Waals surface area contributed by atoms with Crippen molar-refractivity contribution in [3.05, 3.63) is 51.9 Å². The van der Waals surface area contributed by atoms with Gasteiger partial charge < -0.3 is 9.73 Å². The first-order chi connectivity index (χ1) is 10.8. The molecule has 0 fully saturated rings. The molecule has 0 aliphatic heterocycles. The maximum atomic E-state index is 12.0. The Bertz CT molecular complexity index is 688. The molecule has 0 saturated heterocycles. The van der Waals surface area contributed by atoms with Gasteiger partial charge in [-0.25, -0.2) is 0 Å². The van der Waals surface area contributed by atoms with Crippen molar-refractivity contribution in [3.63, 3.8) is 0 Å². The average Bonchev–Trinajstić information content (AvgIpc) is 3.04. The summed E-state index contributed by atoms with van der Waals surface area (Å²) in [6.45, 7) is 0.758. The Labute approximate surface area is 128 Å². The number of nitrogens with zero attached hydrogens (tertiary/aromatic N) is 2. The highest BCUT2D eigenvalue weighted by molar-refractivity contribution is 5.23. The Morgan fingerprint density at radius 1 is 1.32 bits per heavy atom. The Morgan fingerprint density at radius 3 is 3.00 bits per heavy atom. The summed E-state index contributed by atoms with van der Waals surface area (Å²) >= 11 is 0. The first-order valence-corrected chi connectivity index (χ1v) is 7.71.